The van der Waals surface area contributed by atoms with Gasteiger partial charge in [-0.2, -0.15) is 5.10 Å². The molecule has 86 valence electrons. The Hall–Kier alpha value is -2.77. The summed E-state index contributed by atoms with van der Waals surface area (Å²) in [6.45, 7) is 0. The predicted octanol–water partition coefficient (Wildman–Crippen LogP) is -0.214. The molecule has 2 heterocycles. The lowest BCUT2D eigenvalue weighted by atomic mass is 10.3. The van der Waals surface area contributed by atoms with Crippen LogP contribution in [0, 0.1) is 0 Å². The van der Waals surface area contributed by atoms with Crippen LogP contribution in [-0.4, -0.2) is 27.3 Å². The third-order valence-electron chi connectivity index (χ3n) is 1.81. The van der Waals surface area contributed by atoms with E-state index in [2.05, 4.69) is 30.1 Å². The van der Waals surface area contributed by atoms with Gasteiger partial charge in [0.05, 0.1) is 6.21 Å². The van der Waals surface area contributed by atoms with Crippen molar-refractivity contribution in [2.75, 3.05) is 5.73 Å². The van der Waals surface area contributed by atoms with Crippen molar-refractivity contribution >= 4 is 17.9 Å². The van der Waals surface area contributed by atoms with E-state index in [9.17, 15) is 0 Å². The standard InChI is InChI=1S/C9H9N7O/c10-8(7-9(11)16-17-15-7)14-13-5-6-2-1-3-12-4-6/h1-5H,(H2,10,14)(H2,11,16)/b13-5-. The maximum absolute atomic E-state index is 5.58. The molecule has 0 aromatic carbocycles. The molecular weight excluding hydrogens is 222 g/mol. The second-order valence-electron chi connectivity index (χ2n) is 3.01. The largest absolute Gasteiger partial charge is 0.380 e. The number of nitrogens with two attached hydrogens (primary N) is 2. The van der Waals surface area contributed by atoms with Crippen LogP contribution in [0.1, 0.15) is 11.3 Å². The summed E-state index contributed by atoms with van der Waals surface area (Å²) in [4.78, 5) is 3.92. The first kappa shape index (κ1) is 10.7. The number of hydrogen-bond donors (Lipinski definition) is 2. The molecule has 2 aromatic rings. The normalized spacial score (nSPS) is 12.1. The molecule has 0 aliphatic rings. The number of rotatable bonds is 3. The summed E-state index contributed by atoms with van der Waals surface area (Å²) < 4.78 is 4.38. The summed E-state index contributed by atoms with van der Waals surface area (Å²) >= 11 is 0. The molecule has 0 aliphatic carbocycles. The van der Waals surface area contributed by atoms with Crippen LogP contribution in [0.2, 0.25) is 0 Å². The van der Waals surface area contributed by atoms with Gasteiger partial charge in [-0.05, 0) is 16.4 Å². The van der Waals surface area contributed by atoms with Crippen molar-refractivity contribution in [3.63, 3.8) is 0 Å². The Morgan fingerprint density at radius 1 is 1.41 bits per heavy atom. The van der Waals surface area contributed by atoms with Crippen LogP contribution in [0.5, 0.6) is 0 Å². The molecule has 4 N–H and O–H groups in total. The molecular formula is C9H9N7O. The molecule has 0 saturated carbocycles. The van der Waals surface area contributed by atoms with Gasteiger partial charge < -0.3 is 11.5 Å². The highest BCUT2D eigenvalue weighted by molar-refractivity contribution is 5.99. The van der Waals surface area contributed by atoms with E-state index < -0.39 is 0 Å². The maximum Gasteiger partial charge on any atom is 0.199 e. The fraction of sp³-hybridized carbons (Fsp3) is 0. The number of pyridine rings is 1. The van der Waals surface area contributed by atoms with Crippen LogP contribution >= 0.6 is 0 Å². The molecule has 0 radical (unpaired) electrons. The SMILES string of the molecule is N/C(=N/N=C\c1cccnc1)c1nonc1N. The van der Waals surface area contributed by atoms with Gasteiger partial charge in [0, 0.05) is 18.0 Å². The number of nitrogens with zero attached hydrogens (tertiary/aromatic N) is 5. The molecule has 0 bridgehead atoms. The smallest absolute Gasteiger partial charge is 0.199 e. The van der Waals surface area contributed by atoms with Gasteiger partial charge in [-0.1, -0.05) is 6.07 Å². The lowest BCUT2D eigenvalue weighted by Crippen LogP contribution is -2.15. The minimum Gasteiger partial charge on any atom is -0.380 e. The van der Waals surface area contributed by atoms with Crippen LogP contribution in [0.3, 0.4) is 0 Å². The molecule has 0 aliphatic heterocycles. The summed E-state index contributed by atoms with van der Waals surface area (Å²) in [7, 11) is 0. The Balaban J connectivity index is 2.11. The van der Waals surface area contributed by atoms with Crippen molar-refractivity contribution in [3.05, 3.63) is 35.8 Å². The maximum atomic E-state index is 5.58. The molecule has 0 amide bonds. The highest BCUT2D eigenvalue weighted by Gasteiger charge is 2.09. The van der Waals surface area contributed by atoms with Gasteiger partial charge in [0.15, 0.2) is 17.3 Å². The fourth-order valence-corrected chi connectivity index (χ4v) is 1.03. The van der Waals surface area contributed by atoms with Crippen molar-refractivity contribution in [1.82, 2.24) is 15.3 Å². The quantitative estimate of drug-likeness (QED) is 0.427. The Kier molecular flexibility index (Phi) is 3.05. The predicted molar refractivity (Wildman–Crippen MR) is 61.3 cm³/mol. The van der Waals surface area contributed by atoms with Gasteiger partial charge >= 0.3 is 0 Å². The summed E-state index contributed by atoms with van der Waals surface area (Å²) in [6.07, 6.45) is 4.81. The molecule has 0 atom stereocenters. The third kappa shape index (κ3) is 2.62. The summed E-state index contributed by atoms with van der Waals surface area (Å²) in [5.41, 5.74) is 12.0. The number of amidine groups is 1. The lowest BCUT2D eigenvalue weighted by Gasteiger charge is -1.91. The van der Waals surface area contributed by atoms with E-state index in [4.69, 9.17) is 11.5 Å². The average Bonchev–Trinajstić information content (AvgIpc) is 2.77. The number of aromatic nitrogens is 3. The molecule has 0 spiro atoms. The average molecular weight is 231 g/mol. The molecule has 0 saturated heterocycles. The molecule has 0 unspecified atom stereocenters. The van der Waals surface area contributed by atoms with E-state index in [0.29, 0.717) is 0 Å². The summed E-state index contributed by atoms with van der Waals surface area (Å²) in [5.74, 6) is 0.103. The Morgan fingerprint density at radius 3 is 2.94 bits per heavy atom. The zero-order chi connectivity index (χ0) is 12.1. The molecule has 17 heavy (non-hydrogen) atoms. The van der Waals surface area contributed by atoms with Gasteiger partial charge in [0.25, 0.3) is 0 Å². The lowest BCUT2D eigenvalue weighted by molar-refractivity contribution is 0.308. The number of anilines is 1. The fourth-order valence-electron chi connectivity index (χ4n) is 1.03. The minimum absolute atomic E-state index is 0.0314. The zero-order valence-electron chi connectivity index (χ0n) is 8.69. The van der Waals surface area contributed by atoms with Gasteiger partial charge in [-0.3, -0.25) is 4.98 Å². The molecule has 8 nitrogen and oxygen atoms in total. The Labute approximate surface area is 96.0 Å². The van der Waals surface area contributed by atoms with E-state index in [-0.39, 0.29) is 17.3 Å². The van der Waals surface area contributed by atoms with Crippen LogP contribution in [-0.2, 0) is 0 Å². The molecule has 8 heteroatoms. The highest BCUT2D eigenvalue weighted by Crippen LogP contribution is 2.03. The van der Waals surface area contributed by atoms with Crippen molar-refractivity contribution in [3.8, 4) is 0 Å². The van der Waals surface area contributed by atoms with Crippen LogP contribution < -0.4 is 11.5 Å². The van der Waals surface area contributed by atoms with Crippen molar-refractivity contribution in [1.29, 1.82) is 0 Å². The van der Waals surface area contributed by atoms with Gasteiger partial charge in [-0.15, -0.1) is 5.10 Å². The van der Waals surface area contributed by atoms with Gasteiger partial charge in [-0.25, -0.2) is 4.63 Å². The first-order valence-corrected chi connectivity index (χ1v) is 4.62. The summed E-state index contributed by atoms with van der Waals surface area (Å²) in [6, 6.07) is 3.61. The van der Waals surface area contributed by atoms with E-state index in [1.165, 1.54) is 6.21 Å². The van der Waals surface area contributed by atoms with Crippen molar-refractivity contribution in [2.24, 2.45) is 15.9 Å². The van der Waals surface area contributed by atoms with Gasteiger partial charge in [0.1, 0.15) is 0 Å². The molecule has 2 aromatic heterocycles. The highest BCUT2D eigenvalue weighted by atomic mass is 16.6. The molecule has 0 fully saturated rings. The van der Waals surface area contributed by atoms with Gasteiger partial charge in [0.2, 0.25) is 0 Å². The zero-order valence-corrected chi connectivity index (χ0v) is 8.69. The first-order chi connectivity index (χ1) is 8.27. The van der Waals surface area contributed by atoms with Crippen LogP contribution in [0.15, 0.2) is 39.4 Å². The minimum atomic E-state index is 0.0314. The second-order valence-corrected chi connectivity index (χ2v) is 3.01. The third-order valence-corrected chi connectivity index (χ3v) is 1.81. The monoisotopic (exact) mass is 231 g/mol. The van der Waals surface area contributed by atoms with E-state index in [1.807, 2.05) is 6.07 Å². The first-order valence-electron chi connectivity index (χ1n) is 4.62. The summed E-state index contributed by atoms with van der Waals surface area (Å²) in [5, 5.41) is 14.3. The molecule has 2 rings (SSSR count). The Bertz CT molecular complexity index is 545. The van der Waals surface area contributed by atoms with Crippen LogP contribution in [0.25, 0.3) is 0 Å². The van der Waals surface area contributed by atoms with Crippen molar-refractivity contribution in [2.45, 2.75) is 0 Å². The van der Waals surface area contributed by atoms with E-state index in [0.717, 1.165) is 5.56 Å². The van der Waals surface area contributed by atoms with E-state index >= 15 is 0 Å². The number of nitrogen functional groups attached to an aromatic ring is 1. The topological polar surface area (TPSA) is 129 Å². The van der Waals surface area contributed by atoms with Crippen LogP contribution in [0.4, 0.5) is 5.82 Å². The second kappa shape index (κ2) is 4.84. The van der Waals surface area contributed by atoms with Crippen molar-refractivity contribution < 1.29 is 4.63 Å². The number of hydrogen-bond acceptors (Lipinski definition) is 7. The Morgan fingerprint density at radius 2 is 2.29 bits per heavy atom. The van der Waals surface area contributed by atoms with E-state index in [1.54, 1.807) is 18.5 Å².